The number of benzene rings is 1. The van der Waals surface area contributed by atoms with E-state index < -0.39 is 17.4 Å². The number of hydrogen-bond donors (Lipinski definition) is 2. The van der Waals surface area contributed by atoms with Crippen LogP contribution in [-0.4, -0.2) is 35.7 Å². The molecule has 0 aromatic heterocycles. The Hall–Kier alpha value is -2.24. The van der Waals surface area contributed by atoms with Crippen molar-refractivity contribution in [3.63, 3.8) is 0 Å². The third-order valence-electron chi connectivity index (χ3n) is 4.51. The quantitative estimate of drug-likeness (QED) is 0.769. The molecule has 0 unspecified atom stereocenters. The van der Waals surface area contributed by atoms with E-state index in [1.165, 1.54) is 7.11 Å². The van der Waals surface area contributed by atoms with Gasteiger partial charge in [-0.05, 0) is 44.9 Å². The predicted molar refractivity (Wildman–Crippen MR) is 94.3 cm³/mol. The molecular formula is C19H27NO5. The van der Waals surface area contributed by atoms with Crippen molar-refractivity contribution in [1.29, 1.82) is 0 Å². The van der Waals surface area contributed by atoms with E-state index >= 15 is 0 Å². The first-order chi connectivity index (χ1) is 11.9. The number of aliphatic carboxylic acids is 1. The molecule has 0 bridgehead atoms. The number of hydrogen-bond acceptors (Lipinski definition) is 4. The Balaban J connectivity index is 2.22. The first kappa shape index (κ1) is 19.1. The van der Waals surface area contributed by atoms with E-state index in [2.05, 4.69) is 5.32 Å². The van der Waals surface area contributed by atoms with Gasteiger partial charge in [0.05, 0.1) is 13.2 Å². The third kappa shape index (κ3) is 4.65. The Morgan fingerprint density at radius 3 is 2.28 bits per heavy atom. The average Bonchev–Trinajstić information content (AvgIpc) is 2.81. The maximum absolute atomic E-state index is 12.7. The first-order valence-corrected chi connectivity index (χ1v) is 8.78. The Labute approximate surface area is 148 Å². The number of carboxylic acid groups (broad SMARTS) is 1. The van der Waals surface area contributed by atoms with E-state index in [4.69, 9.17) is 9.47 Å². The lowest BCUT2D eigenvalue weighted by Crippen LogP contribution is -2.54. The van der Waals surface area contributed by atoms with Gasteiger partial charge in [0.25, 0.3) is 5.91 Å². The highest BCUT2D eigenvalue weighted by molar-refractivity contribution is 5.98. The van der Waals surface area contributed by atoms with Gasteiger partial charge in [0.2, 0.25) is 0 Å². The summed E-state index contributed by atoms with van der Waals surface area (Å²) in [6.45, 7) is 3.81. The zero-order valence-electron chi connectivity index (χ0n) is 15.1. The molecule has 0 saturated heterocycles. The van der Waals surface area contributed by atoms with Gasteiger partial charge in [0.1, 0.15) is 5.54 Å². The number of carboxylic acids is 1. The molecule has 1 amide bonds. The van der Waals surface area contributed by atoms with Crippen molar-refractivity contribution in [2.45, 2.75) is 64.0 Å². The van der Waals surface area contributed by atoms with E-state index in [-0.39, 0.29) is 6.10 Å². The largest absolute Gasteiger partial charge is 0.493 e. The smallest absolute Gasteiger partial charge is 0.329 e. The Morgan fingerprint density at radius 2 is 1.76 bits per heavy atom. The lowest BCUT2D eigenvalue weighted by atomic mass is 9.90. The topological polar surface area (TPSA) is 84.9 Å². The summed E-state index contributed by atoms with van der Waals surface area (Å²) in [5.41, 5.74) is -0.827. The van der Waals surface area contributed by atoms with Crippen LogP contribution in [-0.2, 0) is 4.79 Å². The van der Waals surface area contributed by atoms with Crippen molar-refractivity contribution >= 4 is 11.9 Å². The normalized spacial score (nSPS) is 16.8. The van der Waals surface area contributed by atoms with E-state index in [9.17, 15) is 14.7 Å². The lowest BCUT2D eigenvalue weighted by molar-refractivity contribution is -0.145. The molecule has 138 valence electrons. The molecule has 2 N–H and O–H groups in total. The highest BCUT2D eigenvalue weighted by Gasteiger charge is 2.40. The SMILES string of the molecule is COc1cc(C(=O)NC2(C(=O)O)CCCCCC2)ccc1OC(C)C. The van der Waals surface area contributed by atoms with Crippen LogP contribution in [0.15, 0.2) is 18.2 Å². The molecule has 1 fully saturated rings. The van der Waals surface area contributed by atoms with E-state index in [0.29, 0.717) is 29.9 Å². The summed E-state index contributed by atoms with van der Waals surface area (Å²) in [6, 6.07) is 4.88. The highest BCUT2D eigenvalue weighted by atomic mass is 16.5. The maximum Gasteiger partial charge on any atom is 0.329 e. The van der Waals surface area contributed by atoms with E-state index in [1.54, 1.807) is 18.2 Å². The molecule has 0 aliphatic heterocycles. The van der Waals surface area contributed by atoms with Gasteiger partial charge in [0, 0.05) is 5.56 Å². The van der Waals surface area contributed by atoms with Crippen molar-refractivity contribution in [3.05, 3.63) is 23.8 Å². The van der Waals surface area contributed by atoms with E-state index in [0.717, 1.165) is 25.7 Å². The fourth-order valence-corrected chi connectivity index (χ4v) is 3.17. The molecule has 1 saturated carbocycles. The second-order valence-corrected chi connectivity index (χ2v) is 6.79. The summed E-state index contributed by atoms with van der Waals surface area (Å²) in [5.74, 6) is -0.365. The van der Waals surface area contributed by atoms with Gasteiger partial charge in [-0.3, -0.25) is 4.79 Å². The summed E-state index contributed by atoms with van der Waals surface area (Å²) in [5, 5.41) is 12.5. The molecular weight excluding hydrogens is 322 g/mol. The van der Waals surface area contributed by atoms with Crippen LogP contribution in [0.2, 0.25) is 0 Å². The minimum absolute atomic E-state index is 0.0187. The average molecular weight is 349 g/mol. The molecule has 0 radical (unpaired) electrons. The van der Waals surface area contributed by atoms with Gasteiger partial charge in [-0.15, -0.1) is 0 Å². The Kier molecular flexibility index (Phi) is 6.28. The summed E-state index contributed by atoms with van der Waals surface area (Å²) in [4.78, 5) is 24.5. The van der Waals surface area contributed by atoms with Crippen molar-refractivity contribution in [2.75, 3.05) is 7.11 Å². The lowest BCUT2D eigenvalue weighted by Gasteiger charge is -2.29. The number of amides is 1. The van der Waals surface area contributed by atoms with Crippen LogP contribution in [0.1, 0.15) is 62.7 Å². The van der Waals surface area contributed by atoms with E-state index in [1.807, 2.05) is 13.8 Å². The molecule has 1 aliphatic rings. The van der Waals surface area contributed by atoms with Crippen LogP contribution in [0.25, 0.3) is 0 Å². The maximum atomic E-state index is 12.7. The summed E-state index contributed by atoms with van der Waals surface area (Å²) < 4.78 is 10.9. The standard InChI is InChI=1S/C19H27NO5/c1-13(2)25-15-9-8-14(12-16(15)24-3)17(21)20-19(18(22)23)10-6-4-5-7-11-19/h8-9,12-13H,4-7,10-11H2,1-3H3,(H,20,21)(H,22,23). The van der Waals surface area contributed by atoms with Gasteiger partial charge in [-0.2, -0.15) is 0 Å². The summed E-state index contributed by atoms with van der Waals surface area (Å²) in [6.07, 6.45) is 4.50. The number of rotatable bonds is 6. The summed E-state index contributed by atoms with van der Waals surface area (Å²) >= 11 is 0. The zero-order chi connectivity index (χ0) is 18.4. The van der Waals surface area contributed by atoms with Crippen molar-refractivity contribution in [1.82, 2.24) is 5.32 Å². The number of carbonyl (C=O) groups is 2. The molecule has 0 atom stereocenters. The minimum Gasteiger partial charge on any atom is -0.493 e. The minimum atomic E-state index is -1.19. The van der Waals surface area contributed by atoms with Gasteiger partial charge >= 0.3 is 5.97 Å². The molecule has 25 heavy (non-hydrogen) atoms. The molecule has 1 aromatic rings. The van der Waals surface area contributed by atoms with Crippen molar-refractivity contribution < 1.29 is 24.2 Å². The molecule has 6 heteroatoms. The molecule has 6 nitrogen and oxygen atoms in total. The van der Waals surface area contributed by atoms with Crippen LogP contribution < -0.4 is 14.8 Å². The highest BCUT2D eigenvalue weighted by Crippen LogP contribution is 2.31. The van der Waals surface area contributed by atoms with Crippen LogP contribution in [0.5, 0.6) is 11.5 Å². The van der Waals surface area contributed by atoms with Crippen molar-refractivity contribution in [3.8, 4) is 11.5 Å². The Morgan fingerprint density at radius 1 is 1.12 bits per heavy atom. The van der Waals surface area contributed by atoms with Gasteiger partial charge in [-0.25, -0.2) is 4.79 Å². The molecule has 1 aromatic carbocycles. The third-order valence-corrected chi connectivity index (χ3v) is 4.51. The fourth-order valence-electron chi connectivity index (χ4n) is 3.17. The number of nitrogens with one attached hydrogen (secondary N) is 1. The number of methoxy groups -OCH3 is 1. The first-order valence-electron chi connectivity index (χ1n) is 8.78. The molecule has 2 rings (SSSR count). The number of carbonyl (C=O) groups excluding carboxylic acids is 1. The fraction of sp³-hybridized carbons (Fsp3) is 0.579. The second kappa shape index (κ2) is 8.23. The summed E-state index contributed by atoms with van der Waals surface area (Å²) in [7, 11) is 1.51. The predicted octanol–water partition coefficient (Wildman–Crippen LogP) is 3.39. The molecule has 0 heterocycles. The van der Waals surface area contributed by atoms with Gasteiger partial charge in [-0.1, -0.05) is 25.7 Å². The van der Waals surface area contributed by atoms with Gasteiger partial charge < -0.3 is 19.9 Å². The van der Waals surface area contributed by atoms with Crippen LogP contribution in [0.3, 0.4) is 0 Å². The van der Waals surface area contributed by atoms with Gasteiger partial charge in [0.15, 0.2) is 11.5 Å². The molecule has 1 aliphatic carbocycles. The number of ether oxygens (including phenoxy) is 2. The van der Waals surface area contributed by atoms with Crippen molar-refractivity contribution in [2.24, 2.45) is 0 Å². The van der Waals surface area contributed by atoms with Crippen LogP contribution in [0, 0.1) is 0 Å². The monoisotopic (exact) mass is 349 g/mol. The molecule has 0 spiro atoms. The van der Waals surface area contributed by atoms with Crippen LogP contribution >= 0.6 is 0 Å². The Bertz CT molecular complexity index is 618. The second-order valence-electron chi connectivity index (χ2n) is 6.79. The zero-order valence-corrected chi connectivity index (χ0v) is 15.1. The van der Waals surface area contributed by atoms with Crippen LogP contribution in [0.4, 0.5) is 0 Å².